The molecule has 2 aromatic carbocycles. The number of ether oxygens (including phenoxy) is 2. The van der Waals surface area contributed by atoms with Crippen LogP contribution in [0.4, 0.5) is 4.39 Å². The van der Waals surface area contributed by atoms with Crippen LogP contribution in [0.3, 0.4) is 0 Å². The van der Waals surface area contributed by atoms with Crippen LogP contribution in [0, 0.1) is 5.82 Å². The summed E-state index contributed by atoms with van der Waals surface area (Å²) in [7, 11) is 1.61. The highest BCUT2D eigenvalue weighted by Crippen LogP contribution is 2.35. The van der Waals surface area contributed by atoms with Gasteiger partial charge in [0, 0.05) is 29.1 Å². The fourth-order valence-corrected chi connectivity index (χ4v) is 5.45. The van der Waals surface area contributed by atoms with Crippen LogP contribution >= 0.6 is 11.3 Å². The van der Waals surface area contributed by atoms with E-state index in [1.165, 1.54) is 23.1 Å². The van der Waals surface area contributed by atoms with Crippen LogP contribution in [-0.2, 0) is 11.2 Å². The summed E-state index contributed by atoms with van der Waals surface area (Å²) in [5, 5.41) is 2.04. The van der Waals surface area contributed by atoms with Gasteiger partial charge in [0.2, 0.25) is 5.91 Å². The molecule has 6 nitrogen and oxygen atoms in total. The maximum Gasteiger partial charge on any atom is 0.254 e. The van der Waals surface area contributed by atoms with Crippen LogP contribution in [0.15, 0.2) is 60.0 Å². The Morgan fingerprint density at radius 3 is 2.69 bits per heavy atom. The van der Waals surface area contributed by atoms with E-state index in [0.717, 1.165) is 24.8 Å². The second-order valence-corrected chi connectivity index (χ2v) is 9.82. The lowest BCUT2D eigenvalue weighted by molar-refractivity contribution is -0.135. The predicted octanol–water partition coefficient (Wildman–Crippen LogP) is 4.71. The lowest BCUT2D eigenvalue weighted by Crippen LogP contribution is -2.48. The van der Waals surface area contributed by atoms with Crippen LogP contribution in [-0.4, -0.2) is 54.5 Å². The Kier molecular flexibility index (Phi) is 6.72. The number of amides is 2. The van der Waals surface area contributed by atoms with Gasteiger partial charge in [-0.2, -0.15) is 0 Å². The summed E-state index contributed by atoms with van der Waals surface area (Å²) in [6.07, 6.45) is 2.48. The maximum atomic E-state index is 13.7. The summed E-state index contributed by atoms with van der Waals surface area (Å²) in [6.45, 7) is 0.824. The number of nitrogens with zero attached hydrogens (tertiary/aromatic N) is 2. The molecule has 35 heavy (non-hydrogen) atoms. The zero-order valence-electron chi connectivity index (χ0n) is 19.5. The highest BCUT2D eigenvalue weighted by atomic mass is 32.1. The lowest BCUT2D eigenvalue weighted by Gasteiger charge is -2.37. The zero-order chi connectivity index (χ0) is 24.4. The normalized spacial score (nSPS) is 17.0. The Morgan fingerprint density at radius 2 is 1.91 bits per heavy atom. The molecule has 0 spiro atoms. The molecule has 1 aromatic heterocycles. The van der Waals surface area contributed by atoms with Gasteiger partial charge in [0.25, 0.3) is 5.91 Å². The highest BCUT2D eigenvalue weighted by molar-refractivity contribution is 7.10. The molecule has 3 aromatic rings. The van der Waals surface area contributed by atoms with Crippen molar-refractivity contribution in [3.63, 3.8) is 0 Å². The largest absolute Gasteiger partial charge is 0.497 e. The van der Waals surface area contributed by atoms with Gasteiger partial charge in [-0.15, -0.1) is 11.3 Å². The summed E-state index contributed by atoms with van der Waals surface area (Å²) in [6, 6.07) is 14.8. The molecule has 2 aliphatic rings. The van der Waals surface area contributed by atoms with E-state index in [1.54, 1.807) is 29.4 Å². The van der Waals surface area contributed by atoms with Gasteiger partial charge in [-0.3, -0.25) is 9.59 Å². The number of benzene rings is 2. The Balaban J connectivity index is 1.34. The van der Waals surface area contributed by atoms with Gasteiger partial charge in [-0.25, -0.2) is 4.39 Å². The smallest absolute Gasteiger partial charge is 0.254 e. The second kappa shape index (κ2) is 10.1. The molecule has 0 radical (unpaired) electrons. The van der Waals surface area contributed by atoms with E-state index < -0.39 is 5.82 Å². The van der Waals surface area contributed by atoms with E-state index in [2.05, 4.69) is 6.07 Å². The minimum absolute atomic E-state index is 0.0164. The summed E-state index contributed by atoms with van der Waals surface area (Å²) >= 11 is 1.69. The van der Waals surface area contributed by atoms with Crippen molar-refractivity contribution in [3.8, 4) is 11.5 Å². The highest BCUT2D eigenvalue weighted by Gasteiger charge is 2.38. The third kappa shape index (κ3) is 5.17. The van der Waals surface area contributed by atoms with E-state index in [-0.39, 0.29) is 36.0 Å². The molecule has 1 atom stereocenters. The molecule has 1 saturated carbocycles. The molecule has 0 unspecified atom stereocenters. The molecule has 8 heteroatoms. The number of carbonyl (C=O) groups excluding carboxylic acids is 2. The molecule has 1 aliphatic heterocycles. The SMILES string of the molecule is COc1cccc(OC[C@H]2c3ccsc3CCN2C(=O)CN(C(=O)c2cccc(F)c2)C2CC2)c1. The van der Waals surface area contributed by atoms with Gasteiger partial charge >= 0.3 is 0 Å². The molecule has 0 N–H and O–H groups in total. The summed E-state index contributed by atoms with van der Waals surface area (Å²) < 4.78 is 25.1. The Labute approximate surface area is 207 Å². The van der Waals surface area contributed by atoms with Crippen LogP contribution < -0.4 is 9.47 Å². The number of thiophene rings is 1. The molecule has 0 bridgehead atoms. The second-order valence-electron chi connectivity index (χ2n) is 8.82. The Bertz CT molecular complexity index is 1230. The van der Waals surface area contributed by atoms with Crippen LogP contribution in [0.5, 0.6) is 11.5 Å². The van der Waals surface area contributed by atoms with E-state index in [0.29, 0.717) is 24.7 Å². The average molecular weight is 495 g/mol. The first-order valence-corrected chi connectivity index (χ1v) is 12.6. The van der Waals surface area contributed by atoms with Crippen LogP contribution in [0.1, 0.15) is 39.7 Å². The molecular weight excluding hydrogens is 467 g/mol. The van der Waals surface area contributed by atoms with Crippen molar-refractivity contribution in [2.75, 3.05) is 26.8 Å². The predicted molar refractivity (Wildman–Crippen MR) is 131 cm³/mol. The zero-order valence-corrected chi connectivity index (χ0v) is 20.3. The topological polar surface area (TPSA) is 59.1 Å². The number of halogens is 1. The summed E-state index contributed by atoms with van der Waals surface area (Å²) in [5.74, 6) is 0.468. The summed E-state index contributed by atoms with van der Waals surface area (Å²) in [4.78, 5) is 31.4. The van der Waals surface area contributed by atoms with Gasteiger partial charge < -0.3 is 19.3 Å². The third-order valence-electron chi connectivity index (χ3n) is 6.49. The molecular formula is C27H27FN2O4S. The molecule has 2 heterocycles. The summed E-state index contributed by atoms with van der Waals surface area (Å²) in [5.41, 5.74) is 1.35. The number of methoxy groups -OCH3 is 1. The van der Waals surface area contributed by atoms with Crippen molar-refractivity contribution in [1.29, 1.82) is 0 Å². The number of hydrogen-bond acceptors (Lipinski definition) is 5. The molecule has 1 aliphatic carbocycles. The first-order chi connectivity index (χ1) is 17.0. The first kappa shape index (κ1) is 23.4. The van der Waals surface area contributed by atoms with Crippen molar-refractivity contribution < 1.29 is 23.5 Å². The van der Waals surface area contributed by atoms with Gasteiger partial charge in [-0.1, -0.05) is 12.1 Å². The van der Waals surface area contributed by atoms with Gasteiger partial charge in [0.05, 0.1) is 13.2 Å². The van der Waals surface area contributed by atoms with Crippen LogP contribution in [0.25, 0.3) is 0 Å². The quantitative estimate of drug-likeness (QED) is 0.455. The first-order valence-electron chi connectivity index (χ1n) is 11.7. The Hall–Kier alpha value is -3.39. The minimum atomic E-state index is -0.464. The van der Waals surface area contributed by atoms with E-state index in [1.807, 2.05) is 34.5 Å². The van der Waals surface area contributed by atoms with Crippen molar-refractivity contribution >= 4 is 23.2 Å². The maximum absolute atomic E-state index is 13.7. The van der Waals surface area contributed by atoms with Gasteiger partial charge in [0.15, 0.2) is 0 Å². The fraction of sp³-hybridized carbons (Fsp3) is 0.333. The van der Waals surface area contributed by atoms with E-state index in [9.17, 15) is 14.0 Å². The number of rotatable bonds is 8. The van der Waals surface area contributed by atoms with Gasteiger partial charge in [0.1, 0.15) is 30.5 Å². The molecule has 182 valence electrons. The number of hydrogen-bond donors (Lipinski definition) is 0. The molecule has 1 fully saturated rings. The molecule has 0 saturated heterocycles. The average Bonchev–Trinajstić information content (AvgIpc) is 3.61. The minimum Gasteiger partial charge on any atom is -0.497 e. The van der Waals surface area contributed by atoms with Crippen molar-refractivity contribution in [2.24, 2.45) is 0 Å². The number of carbonyl (C=O) groups is 2. The van der Waals surface area contributed by atoms with Gasteiger partial charge in [-0.05, 0) is 66.6 Å². The van der Waals surface area contributed by atoms with Crippen molar-refractivity contribution in [2.45, 2.75) is 31.3 Å². The van der Waals surface area contributed by atoms with E-state index >= 15 is 0 Å². The Morgan fingerprint density at radius 1 is 1.11 bits per heavy atom. The standard InChI is InChI=1S/C27H27FN2O4S/c1-33-21-6-3-7-22(15-21)34-17-24-23-11-13-35-25(23)10-12-29(24)26(31)16-30(20-8-9-20)27(32)18-4-2-5-19(28)14-18/h2-7,11,13-15,20,24H,8-10,12,16-17H2,1H3/t24-/m0/s1. The van der Waals surface area contributed by atoms with Crippen LogP contribution in [0.2, 0.25) is 0 Å². The van der Waals surface area contributed by atoms with Crippen molar-refractivity contribution in [3.05, 3.63) is 81.8 Å². The third-order valence-corrected chi connectivity index (χ3v) is 7.49. The molecule has 5 rings (SSSR count). The van der Waals surface area contributed by atoms with Crippen molar-refractivity contribution in [1.82, 2.24) is 9.80 Å². The lowest BCUT2D eigenvalue weighted by atomic mass is 10.0. The van der Waals surface area contributed by atoms with E-state index in [4.69, 9.17) is 9.47 Å². The number of fused-ring (bicyclic) bond motifs is 1. The monoisotopic (exact) mass is 494 g/mol. The molecule has 2 amide bonds. The fourth-order valence-electron chi connectivity index (χ4n) is 4.52.